The number of methoxy groups -OCH3 is 3. The van der Waals surface area contributed by atoms with E-state index in [0.717, 1.165) is 4.90 Å². The van der Waals surface area contributed by atoms with Crippen LogP contribution in [-0.2, 0) is 9.53 Å². The maximum Gasteiger partial charge on any atom is 0.339 e. The van der Waals surface area contributed by atoms with Gasteiger partial charge in [-0.2, -0.15) is 0 Å². The van der Waals surface area contributed by atoms with Crippen molar-refractivity contribution >= 4 is 40.9 Å². The van der Waals surface area contributed by atoms with E-state index in [-0.39, 0.29) is 23.1 Å². The molecule has 3 aromatic carbocycles. The van der Waals surface area contributed by atoms with E-state index < -0.39 is 5.97 Å². The molecule has 2 amide bonds. The lowest BCUT2D eigenvalue weighted by molar-refractivity contribution is -0.113. The summed E-state index contributed by atoms with van der Waals surface area (Å²) in [6.07, 6.45) is 0. The number of hydrogen-bond donors (Lipinski definition) is 2. The number of anilines is 2. The molecule has 0 unspecified atom stereocenters. The zero-order valence-electron chi connectivity index (χ0n) is 18.9. The molecular formula is C25H24N2O6S. The van der Waals surface area contributed by atoms with Gasteiger partial charge in [0.1, 0.15) is 0 Å². The second kappa shape index (κ2) is 11.8. The van der Waals surface area contributed by atoms with Crippen LogP contribution in [0.1, 0.15) is 20.7 Å². The minimum Gasteiger partial charge on any atom is -0.493 e. The van der Waals surface area contributed by atoms with Gasteiger partial charge in [-0.15, -0.1) is 11.8 Å². The fourth-order valence-corrected chi connectivity index (χ4v) is 3.81. The van der Waals surface area contributed by atoms with Crippen LogP contribution in [0.3, 0.4) is 0 Å². The molecule has 0 saturated carbocycles. The predicted molar refractivity (Wildman–Crippen MR) is 131 cm³/mol. The Hall–Kier alpha value is -3.98. The largest absolute Gasteiger partial charge is 0.493 e. The molecule has 0 atom stereocenters. The molecule has 0 spiro atoms. The van der Waals surface area contributed by atoms with Gasteiger partial charge in [0.25, 0.3) is 5.91 Å². The third-order valence-corrected chi connectivity index (χ3v) is 5.71. The summed E-state index contributed by atoms with van der Waals surface area (Å²) in [6.45, 7) is 0. The minimum absolute atomic E-state index is 0.114. The molecule has 34 heavy (non-hydrogen) atoms. The summed E-state index contributed by atoms with van der Waals surface area (Å²) in [7, 11) is 4.32. The number of nitrogens with one attached hydrogen (secondary N) is 2. The van der Waals surface area contributed by atoms with E-state index in [1.807, 2.05) is 6.07 Å². The highest BCUT2D eigenvalue weighted by Crippen LogP contribution is 2.28. The number of esters is 1. The molecule has 0 aliphatic carbocycles. The van der Waals surface area contributed by atoms with Crippen LogP contribution in [0.2, 0.25) is 0 Å². The maximum absolute atomic E-state index is 12.7. The first-order valence-corrected chi connectivity index (χ1v) is 11.2. The first-order chi connectivity index (χ1) is 16.4. The van der Waals surface area contributed by atoms with Crippen molar-refractivity contribution in [1.29, 1.82) is 0 Å². The van der Waals surface area contributed by atoms with Crippen molar-refractivity contribution in [1.82, 2.24) is 0 Å². The van der Waals surface area contributed by atoms with E-state index in [1.165, 1.54) is 33.1 Å². The lowest BCUT2D eigenvalue weighted by atomic mass is 10.2. The van der Waals surface area contributed by atoms with Crippen molar-refractivity contribution in [2.45, 2.75) is 4.90 Å². The normalized spacial score (nSPS) is 10.2. The van der Waals surface area contributed by atoms with Crippen LogP contribution in [-0.4, -0.2) is 44.9 Å². The van der Waals surface area contributed by atoms with E-state index in [0.29, 0.717) is 28.4 Å². The molecule has 0 heterocycles. The number of benzene rings is 3. The fourth-order valence-electron chi connectivity index (χ4n) is 3.06. The van der Waals surface area contributed by atoms with Gasteiger partial charge in [0.05, 0.1) is 38.3 Å². The number of rotatable bonds is 9. The molecule has 3 rings (SSSR count). The topological polar surface area (TPSA) is 103 Å². The highest BCUT2D eigenvalue weighted by Gasteiger charge is 2.14. The van der Waals surface area contributed by atoms with Crippen LogP contribution in [0, 0.1) is 0 Å². The summed E-state index contributed by atoms with van der Waals surface area (Å²) in [5.41, 5.74) is 1.67. The Bertz CT molecular complexity index is 1200. The Balaban J connectivity index is 1.61. The van der Waals surface area contributed by atoms with Crippen molar-refractivity contribution in [2.75, 3.05) is 37.7 Å². The molecule has 0 aliphatic heterocycles. The van der Waals surface area contributed by atoms with Crippen molar-refractivity contribution in [3.05, 3.63) is 77.9 Å². The van der Waals surface area contributed by atoms with Crippen molar-refractivity contribution < 1.29 is 28.6 Å². The Morgan fingerprint density at radius 3 is 2.32 bits per heavy atom. The average Bonchev–Trinajstić information content (AvgIpc) is 2.87. The molecule has 8 nitrogen and oxygen atoms in total. The monoisotopic (exact) mass is 480 g/mol. The summed E-state index contributed by atoms with van der Waals surface area (Å²) in [6, 6.07) is 18.7. The van der Waals surface area contributed by atoms with Gasteiger partial charge in [-0.25, -0.2) is 4.79 Å². The molecule has 0 radical (unpaired) electrons. The third-order valence-electron chi connectivity index (χ3n) is 4.71. The SMILES string of the molecule is COC(=O)c1ccccc1NC(=O)CSc1cccc(NC(=O)c2ccc(OC)c(OC)c2)c1. The van der Waals surface area contributed by atoms with Crippen molar-refractivity contribution in [3.8, 4) is 11.5 Å². The summed E-state index contributed by atoms with van der Waals surface area (Å²) in [5.74, 6) is -0.00481. The van der Waals surface area contributed by atoms with Crippen LogP contribution in [0.5, 0.6) is 11.5 Å². The van der Waals surface area contributed by atoms with Gasteiger partial charge in [0.15, 0.2) is 11.5 Å². The molecule has 0 fully saturated rings. The van der Waals surface area contributed by atoms with Gasteiger partial charge in [0, 0.05) is 16.1 Å². The van der Waals surface area contributed by atoms with Gasteiger partial charge in [0.2, 0.25) is 5.91 Å². The predicted octanol–water partition coefficient (Wildman–Crippen LogP) is 4.47. The third kappa shape index (κ3) is 6.29. The summed E-state index contributed by atoms with van der Waals surface area (Å²) in [4.78, 5) is 37.7. The van der Waals surface area contributed by atoms with Crippen molar-refractivity contribution in [3.63, 3.8) is 0 Å². The van der Waals surface area contributed by atoms with E-state index >= 15 is 0 Å². The minimum atomic E-state index is -0.526. The van der Waals surface area contributed by atoms with Crippen LogP contribution < -0.4 is 20.1 Å². The fraction of sp³-hybridized carbons (Fsp3) is 0.160. The molecule has 9 heteroatoms. The lowest BCUT2D eigenvalue weighted by Crippen LogP contribution is -2.17. The average molecular weight is 481 g/mol. The number of carbonyl (C=O) groups is 3. The number of ether oxygens (including phenoxy) is 3. The van der Waals surface area contributed by atoms with Crippen LogP contribution in [0.25, 0.3) is 0 Å². The first-order valence-electron chi connectivity index (χ1n) is 10.2. The number of amides is 2. The smallest absolute Gasteiger partial charge is 0.339 e. The zero-order chi connectivity index (χ0) is 24.5. The highest BCUT2D eigenvalue weighted by molar-refractivity contribution is 8.00. The molecule has 3 aromatic rings. The van der Waals surface area contributed by atoms with Gasteiger partial charge in [-0.05, 0) is 48.5 Å². The molecular weight excluding hydrogens is 456 g/mol. The molecule has 0 saturated heterocycles. The van der Waals surface area contributed by atoms with Crippen molar-refractivity contribution in [2.24, 2.45) is 0 Å². The summed E-state index contributed by atoms with van der Waals surface area (Å²) in [5, 5.41) is 5.57. The van der Waals surface area contributed by atoms with E-state index in [4.69, 9.17) is 14.2 Å². The number of para-hydroxylation sites is 1. The van der Waals surface area contributed by atoms with E-state index in [1.54, 1.807) is 60.7 Å². The van der Waals surface area contributed by atoms with Gasteiger partial charge in [-0.1, -0.05) is 18.2 Å². The highest BCUT2D eigenvalue weighted by atomic mass is 32.2. The summed E-state index contributed by atoms with van der Waals surface area (Å²) < 4.78 is 15.2. The Morgan fingerprint density at radius 2 is 1.59 bits per heavy atom. The first kappa shape index (κ1) is 24.7. The second-order valence-electron chi connectivity index (χ2n) is 6.93. The lowest BCUT2D eigenvalue weighted by Gasteiger charge is -2.11. The summed E-state index contributed by atoms with van der Waals surface area (Å²) >= 11 is 1.30. The maximum atomic E-state index is 12.7. The van der Waals surface area contributed by atoms with Crippen LogP contribution in [0.4, 0.5) is 11.4 Å². The van der Waals surface area contributed by atoms with E-state index in [2.05, 4.69) is 10.6 Å². The molecule has 0 aromatic heterocycles. The number of hydrogen-bond acceptors (Lipinski definition) is 7. The number of carbonyl (C=O) groups excluding carboxylic acids is 3. The van der Waals surface area contributed by atoms with Gasteiger partial charge in [-0.3, -0.25) is 9.59 Å². The molecule has 0 aliphatic rings. The number of thioether (sulfide) groups is 1. The molecule has 176 valence electrons. The second-order valence-corrected chi connectivity index (χ2v) is 7.97. The standard InChI is InChI=1S/C25H24N2O6S/c1-31-21-12-11-16(13-22(21)32-2)24(29)26-17-7-6-8-18(14-17)34-15-23(28)27-20-10-5-4-9-19(20)25(30)33-3/h4-14H,15H2,1-3H3,(H,26,29)(H,27,28). The molecule has 2 N–H and O–H groups in total. The van der Waals surface area contributed by atoms with Crippen LogP contribution >= 0.6 is 11.8 Å². The Kier molecular flexibility index (Phi) is 8.53. The van der Waals surface area contributed by atoms with E-state index in [9.17, 15) is 14.4 Å². The Morgan fingerprint density at radius 1 is 0.824 bits per heavy atom. The molecule has 0 bridgehead atoms. The quantitative estimate of drug-likeness (QED) is 0.344. The van der Waals surface area contributed by atoms with Gasteiger partial charge < -0.3 is 24.8 Å². The zero-order valence-corrected chi connectivity index (χ0v) is 19.7. The Labute approximate surface area is 201 Å². The van der Waals surface area contributed by atoms with Crippen LogP contribution in [0.15, 0.2) is 71.6 Å². The van der Waals surface area contributed by atoms with Gasteiger partial charge >= 0.3 is 5.97 Å².